The van der Waals surface area contributed by atoms with Crippen molar-refractivity contribution in [1.29, 1.82) is 0 Å². The predicted molar refractivity (Wildman–Crippen MR) is 75.5 cm³/mol. The quantitative estimate of drug-likeness (QED) is 0.802. The first-order valence-electron chi connectivity index (χ1n) is 6.84. The molecular formula is C15H20N2O2. The van der Waals surface area contributed by atoms with Crippen LogP contribution < -0.4 is 0 Å². The summed E-state index contributed by atoms with van der Waals surface area (Å²) in [6, 6.07) is 5.51. The van der Waals surface area contributed by atoms with Crippen LogP contribution in [0.1, 0.15) is 55.9 Å². The number of aromatic carboxylic acids is 1. The molecule has 0 aliphatic heterocycles. The molecule has 0 radical (unpaired) electrons. The smallest absolute Gasteiger partial charge is 0.337 e. The Labute approximate surface area is 113 Å². The number of benzene rings is 1. The van der Waals surface area contributed by atoms with Gasteiger partial charge in [0.25, 0.3) is 0 Å². The van der Waals surface area contributed by atoms with Gasteiger partial charge in [0, 0.05) is 6.04 Å². The number of carboxylic acids is 1. The van der Waals surface area contributed by atoms with Crippen LogP contribution in [0.4, 0.5) is 0 Å². The largest absolute Gasteiger partial charge is 0.478 e. The number of rotatable bonds is 6. The van der Waals surface area contributed by atoms with Crippen molar-refractivity contribution in [3.05, 3.63) is 30.1 Å². The molecule has 4 nitrogen and oxygen atoms in total. The number of unbranched alkanes of at least 4 members (excludes halogenated alkanes) is 2. The fraction of sp³-hybridized carbons (Fsp3) is 0.467. The Kier molecular flexibility index (Phi) is 4.20. The molecule has 4 heteroatoms. The van der Waals surface area contributed by atoms with Crippen LogP contribution in [0.25, 0.3) is 11.0 Å². The lowest BCUT2D eigenvalue weighted by Crippen LogP contribution is -2.07. The molecule has 0 saturated carbocycles. The lowest BCUT2D eigenvalue weighted by atomic mass is 10.1. The Morgan fingerprint density at radius 3 is 2.89 bits per heavy atom. The summed E-state index contributed by atoms with van der Waals surface area (Å²) < 4.78 is 1.99. The molecule has 2 aromatic rings. The summed E-state index contributed by atoms with van der Waals surface area (Å²) in [4.78, 5) is 15.6. The van der Waals surface area contributed by atoms with E-state index in [2.05, 4.69) is 18.8 Å². The van der Waals surface area contributed by atoms with Crippen molar-refractivity contribution in [3.63, 3.8) is 0 Å². The highest BCUT2D eigenvalue weighted by atomic mass is 16.4. The number of para-hydroxylation sites is 1. The highest BCUT2D eigenvalue weighted by Gasteiger charge is 2.16. The number of carboxylic acid groups (broad SMARTS) is 1. The second-order valence-corrected chi connectivity index (χ2v) is 4.98. The Morgan fingerprint density at radius 2 is 2.21 bits per heavy atom. The Morgan fingerprint density at radius 1 is 1.42 bits per heavy atom. The standard InChI is InChI=1S/C15H20N2O2/c1-3-4-5-7-11(2)17-10-16-13-9-6-8-12(14(13)17)15(18)19/h6,8-11H,3-5,7H2,1-2H3,(H,18,19). The molecule has 1 N–H and O–H groups in total. The molecule has 0 fully saturated rings. The highest BCUT2D eigenvalue weighted by molar-refractivity contribution is 6.01. The van der Waals surface area contributed by atoms with Crippen LogP contribution in [0.5, 0.6) is 0 Å². The van der Waals surface area contributed by atoms with Crippen LogP contribution in [0.2, 0.25) is 0 Å². The summed E-state index contributed by atoms with van der Waals surface area (Å²) in [6.45, 7) is 4.30. The van der Waals surface area contributed by atoms with Gasteiger partial charge in [-0.05, 0) is 25.5 Å². The normalized spacial score (nSPS) is 12.7. The van der Waals surface area contributed by atoms with Gasteiger partial charge in [0.05, 0.1) is 22.9 Å². The third-order valence-electron chi connectivity index (χ3n) is 3.52. The van der Waals surface area contributed by atoms with E-state index in [9.17, 15) is 9.90 Å². The molecule has 102 valence electrons. The lowest BCUT2D eigenvalue weighted by molar-refractivity contribution is 0.0698. The van der Waals surface area contributed by atoms with E-state index in [1.165, 1.54) is 12.8 Å². The van der Waals surface area contributed by atoms with E-state index >= 15 is 0 Å². The third kappa shape index (κ3) is 2.78. The van der Waals surface area contributed by atoms with Crippen molar-refractivity contribution >= 4 is 17.0 Å². The molecule has 0 aliphatic carbocycles. The topological polar surface area (TPSA) is 55.1 Å². The molecule has 1 aromatic carbocycles. The molecule has 1 unspecified atom stereocenters. The van der Waals surface area contributed by atoms with Crippen molar-refractivity contribution in [2.45, 2.75) is 45.6 Å². The summed E-state index contributed by atoms with van der Waals surface area (Å²) >= 11 is 0. The SMILES string of the molecule is CCCCCC(C)n1cnc2cccc(C(=O)O)c21. The zero-order valence-electron chi connectivity index (χ0n) is 11.5. The number of aromatic nitrogens is 2. The minimum Gasteiger partial charge on any atom is -0.478 e. The Bertz CT molecular complexity index is 575. The van der Waals surface area contributed by atoms with Gasteiger partial charge in [-0.2, -0.15) is 0 Å². The fourth-order valence-corrected chi connectivity index (χ4v) is 2.42. The van der Waals surface area contributed by atoms with E-state index in [1.807, 2.05) is 10.6 Å². The molecule has 1 heterocycles. The van der Waals surface area contributed by atoms with E-state index in [0.717, 1.165) is 23.9 Å². The van der Waals surface area contributed by atoms with Crippen LogP contribution >= 0.6 is 0 Å². The van der Waals surface area contributed by atoms with Gasteiger partial charge in [-0.25, -0.2) is 9.78 Å². The van der Waals surface area contributed by atoms with Gasteiger partial charge in [0.1, 0.15) is 0 Å². The maximum atomic E-state index is 11.3. The molecule has 0 aliphatic rings. The van der Waals surface area contributed by atoms with E-state index in [-0.39, 0.29) is 6.04 Å². The Hall–Kier alpha value is -1.84. The van der Waals surface area contributed by atoms with Gasteiger partial charge in [-0.15, -0.1) is 0 Å². The maximum Gasteiger partial charge on any atom is 0.337 e. The van der Waals surface area contributed by atoms with Crippen LogP contribution in [-0.4, -0.2) is 20.6 Å². The van der Waals surface area contributed by atoms with Crippen molar-refractivity contribution in [2.75, 3.05) is 0 Å². The highest BCUT2D eigenvalue weighted by Crippen LogP contribution is 2.24. The summed E-state index contributed by atoms with van der Waals surface area (Å²) in [6.07, 6.45) is 6.37. The average molecular weight is 260 g/mol. The number of fused-ring (bicyclic) bond motifs is 1. The average Bonchev–Trinajstić information content (AvgIpc) is 2.82. The van der Waals surface area contributed by atoms with E-state index < -0.39 is 5.97 Å². The van der Waals surface area contributed by atoms with E-state index in [1.54, 1.807) is 18.5 Å². The van der Waals surface area contributed by atoms with Gasteiger partial charge in [0.2, 0.25) is 0 Å². The number of imidazole rings is 1. The van der Waals surface area contributed by atoms with Crippen molar-refractivity contribution in [2.24, 2.45) is 0 Å². The van der Waals surface area contributed by atoms with E-state index in [0.29, 0.717) is 5.56 Å². The molecule has 1 aromatic heterocycles. The van der Waals surface area contributed by atoms with Gasteiger partial charge < -0.3 is 9.67 Å². The number of nitrogens with zero attached hydrogens (tertiary/aromatic N) is 2. The molecule has 0 spiro atoms. The van der Waals surface area contributed by atoms with Crippen LogP contribution in [0.3, 0.4) is 0 Å². The van der Waals surface area contributed by atoms with Crippen LogP contribution in [0, 0.1) is 0 Å². The zero-order valence-corrected chi connectivity index (χ0v) is 11.5. The molecule has 0 bridgehead atoms. The number of carbonyl (C=O) groups is 1. The van der Waals surface area contributed by atoms with Crippen LogP contribution in [0.15, 0.2) is 24.5 Å². The summed E-state index contributed by atoms with van der Waals surface area (Å²) in [5, 5.41) is 9.28. The van der Waals surface area contributed by atoms with Gasteiger partial charge in [0.15, 0.2) is 0 Å². The molecule has 0 saturated heterocycles. The third-order valence-corrected chi connectivity index (χ3v) is 3.52. The van der Waals surface area contributed by atoms with Gasteiger partial charge in [-0.3, -0.25) is 0 Å². The minimum atomic E-state index is -0.895. The molecule has 0 amide bonds. The predicted octanol–water partition coefficient (Wildman–Crippen LogP) is 3.88. The molecular weight excluding hydrogens is 240 g/mol. The first kappa shape index (κ1) is 13.6. The van der Waals surface area contributed by atoms with E-state index in [4.69, 9.17) is 0 Å². The second-order valence-electron chi connectivity index (χ2n) is 4.98. The zero-order chi connectivity index (χ0) is 13.8. The van der Waals surface area contributed by atoms with Crippen molar-refractivity contribution < 1.29 is 9.90 Å². The Balaban J connectivity index is 2.35. The number of hydrogen-bond acceptors (Lipinski definition) is 2. The van der Waals surface area contributed by atoms with Crippen LogP contribution in [-0.2, 0) is 0 Å². The summed E-state index contributed by atoms with van der Waals surface area (Å²) in [5.41, 5.74) is 1.82. The monoisotopic (exact) mass is 260 g/mol. The molecule has 2 rings (SSSR count). The first-order valence-corrected chi connectivity index (χ1v) is 6.84. The minimum absolute atomic E-state index is 0.275. The maximum absolute atomic E-state index is 11.3. The summed E-state index contributed by atoms with van der Waals surface area (Å²) in [7, 11) is 0. The van der Waals surface area contributed by atoms with Crippen molar-refractivity contribution in [1.82, 2.24) is 9.55 Å². The van der Waals surface area contributed by atoms with Gasteiger partial charge >= 0.3 is 5.97 Å². The fourth-order valence-electron chi connectivity index (χ4n) is 2.42. The molecule has 1 atom stereocenters. The van der Waals surface area contributed by atoms with Crippen molar-refractivity contribution in [3.8, 4) is 0 Å². The second kappa shape index (κ2) is 5.87. The molecule has 19 heavy (non-hydrogen) atoms. The first-order chi connectivity index (χ1) is 9.15. The van der Waals surface area contributed by atoms with Gasteiger partial charge in [-0.1, -0.05) is 32.3 Å². The summed E-state index contributed by atoms with van der Waals surface area (Å²) in [5.74, 6) is -0.895. The number of hydrogen-bond donors (Lipinski definition) is 1. The lowest BCUT2D eigenvalue weighted by Gasteiger charge is -2.15.